The molecule has 1 aliphatic heterocycles. The standard InChI is InChI=1S/C16H21NO2/c18-16(19)13-5-3-6-14(9-8-13)17-11-10-12-4-1-2-7-15(12)17/h1-2,4,7,13-14H,3,5-6,8-11H2,(H,18,19). The number of carboxylic acids is 1. The molecule has 3 nitrogen and oxygen atoms in total. The minimum atomic E-state index is -0.609. The first-order valence-electron chi connectivity index (χ1n) is 7.33. The Balaban J connectivity index is 1.72. The Morgan fingerprint density at radius 3 is 2.84 bits per heavy atom. The van der Waals surface area contributed by atoms with Gasteiger partial charge in [-0.1, -0.05) is 24.6 Å². The first-order valence-corrected chi connectivity index (χ1v) is 7.33. The van der Waals surface area contributed by atoms with Crippen LogP contribution < -0.4 is 4.90 Å². The molecule has 1 aromatic rings. The molecule has 2 aliphatic rings. The maximum absolute atomic E-state index is 11.1. The molecular weight excluding hydrogens is 238 g/mol. The topological polar surface area (TPSA) is 40.5 Å². The van der Waals surface area contributed by atoms with Crippen LogP contribution in [-0.2, 0) is 11.2 Å². The zero-order valence-corrected chi connectivity index (χ0v) is 11.2. The molecule has 1 fully saturated rings. The largest absolute Gasteiger partial charge is 0.481 e. The van der Waals surface area contributed by atoms with Gasteiger partial charge in [0.1, 0.15) is 0 Å². The van der Waals surface area contributed by atoms with Crippen LogP contribution >= 0.6 is 0 Å². The van der Waals surface area contributed by atoms with E-state index >= 15 is 0 Å². The average molecular weight is 259 g/mol. The first kappa shape index (κ1) is 12.5. The van der Waals surface area contributed by atoms with Crippen LogP contribution in [-0.4, -0.2) is 23.7 Å². The highest BCUT2D eigenvalue weighted by molar-refractivity contribution is 5.70. The Hall–Kier alpha value is -1.51. The third kappa shape index (κ3) is 2.46. The van der Waals surface area contributed by atoms with E-state index in [1.54, 1.807) is 0 Å². The van der Waals surface area contributed by atoms with Gasteiger partial charge in [-0.05, 0) is 43.7 Å². The number of nitrogens with zero attached hydrogens (tertiary/aromatic N) is 1. The van der Waals surface area contributed by atoms with E-state index in [2.05, 4.69) is 29.2 Å². The van der Waals surface area contributed by atoms with Crippen molar-refractivity contribution < 1.29 is 9.90 Å². The second kappa shape index (κ2) is 5.24. The monoisotopic (exact) mass is 259 g/mol. The summed E-state index contributed by atoms with van der Waals surface area (Å²) < 4.78 is 0. The molecule has 1 aliphatic carbocycles. The SMILES string of the molecule is O=C(O)C1CCCC(N2CCc3ccccc32)CC1. The zero-order valence-electron chi connectivity index (χ0n) is 11.2. The van der Waals surface area contributed by atoms with E-state index in [1.165, 1.54) is 11.3 Å². The Kier molecular flexibility index (Phi) is 3.45. The number of aliphatic carboxylic acids is 1. The van der Waals surface area contributed by atoms with Crippen LogP contribution in [0.2, 0.25) is 0 Å². The number of carboxylic acid groups (broad SMARTS) is 1. The minimum Gasteiger partial charge on any atom is -0.481 e. The van der Waals surface area contributed by atoms with Gasteiger partial charge in [-0.25, -0.2) is 0 Å². The molecule has 2 atom stereocenters. The maximum atomic E-state index is 11.1. The fraction of sp³-hybridized carbons (Fsp3) is 0.562. The van der Waals surface area contributed by atoms with E-state index in [4.69, 9.17) is 5.11 Å². The van der Waals surface area contributed by atoms with Gasteiger partial charge in [0.2, 0.25) is 0 Å². The van der Waals surface area contributed by atoms with Crippen LogP contribution in [0.25, 0.3) is 0 Å². The summed E-state index contributed by atoms with van der Waals surface area (Å²) in [4.78, 5) is 13.6. The molecule has 0 radical (unpaired) electrons. The molecule has 3 heteroatoms. The summed E-state index contributed by atoms with van der Waals surface area (Å²) in [5.74, 6) is -0.731. The third-order valence-electron chi connectivity index (χ3n) is 4.65. The van der Waals surface area contributed by atoms with Gasteiger partial charge in [0, 0.05) is 18.3 Å². The molecule has 102 valence electrons. The molecule has 1 heterocycles. The molecular formula is C16H21NO2. The van der Waals surface area contributed by atoms with Crippen molar-refractivity contribution in [1.29, 1.82) is 0 Å². The van der Waals surface area contributed by atoms with Crippen molar-refractivity contribution in [3.05, 3.63) is 29.8 Å². The second-order valence-corrected chi connectivity index (χ2v) is 5.77. The number of hydrogen-bond acceptors (Lipinski definition) is 2. The van der Waals surface area contributed by atoms with E-state index in [9.17, 15) is 4.79 Å². The van der Waals surface area contributed by atoms with Gasteiger partial charge >= 0.3 is 5.97 Å². The lowest BCUT2D eigenvalue weighted by molar-refractivity contribution is -0.142. The smallest absolute Gasteiger partial charge is 0.306 e. The molecule has 0 aromatic heterocycles. The van der Waals surface area contributed by atoms with E-state index in [0.717, 1.165) is 45.1 Å². The lowest BCUT2D eigenvalue weighted by Crippen LogP contribution is -2.33. The number of para-hydroxylation sites is 1. The molecule has 1 N–H and O–H groups in total. The van der Waals surface area contributed by atoms with Crippen molar-refractivity contribution in [2.45, 2.75) is 44.6 Å². The van der Waals surface area contributed by atoms with Crippen molar-refractivity contribution in [2.75, 3.05) is 11.4 Å². The fourth-order valence-corrected chi connectivity index (χ4v) is 3.58. The maximum Gasteiger partial charge on any atom is 0.306 e. The summed E-state index contributed by atoms with van der Waals surface area (Å²) in [5, 5.41) is 9.16. The number of carbonyl (C=O) groups is 1. The van der Waals surface area contributed by atoms with Crippen LogP contribution in [0, 0.1) is 5.92 Å². The van der Waals surface area contributed by atoms with Gasteiger partial charge < -0.3 is 10.0 Å². The lowest BCUT2D eigenvalue weighted by atomic mass is 10.0. The number of anilines is 1. The van der Waals surface area contributed by atoms with E-state index in [-0.39, 0.29) is 5.92 Å². The fourth-order valence-electron chi connectivity index (χ4n) is 3.58. The van der Waals surface area contributed by atoms with Crippen molar-refractivity contribution in [3.8, 4) is 0 Å². The second-order valence-electron chi connectivity index (χ2n) is 5.77. The van der Waals surface area contributed by atoms with E-state index < -0.39 is 5.97 Å². The van der Waals surface area contributed by atoms with Gasteiger partial charge in [0.15, 0.2) is 0 Å². The van der Waals surface area contributed by atoms with Crippen LogP contribution in [0.1, 0.15) is 37.7 Å². The van der Waals surface area contributed by atoms with Crippen molar-refractivity contribution >= 4 is 11.7 Å². The summed E-state index contributed by atoms with van der Waals surface area (Å²) in [6.07, 6.45) is 6.01. The van der Waals surface area contributed by atoms with Crippen molar-refractivity contribution in [2.24, 2.45) is 5.92 Å². The molecule has 2 unspecified atom stereocenters. The van der Waals surface area contributed by atoms with Crippen molar-refractivity contribution in [3.63, 3.8) is 0 Å². The first-order chi connectivity index (χ1) is 9.25. The number of rotatable bonds is 2. The predicted octanol–water partition coefficient (Wildman–Crippen LogP) is 3.08. The Morgan fingerprint density at radius 2 is 2.00 bits per heavy atom. The number of fused-ring (bicyclic) bond motifs is 1. The quantitative estimate of drug-likeness (QED) is 0.830. The lowest BCUT2D eigenvalue weighted by Gasteiger charge is -2.29. The molecule has 0 saturated heterocycles. The molecule has 0 bridgehead atoms. The highest BCUT2D eigenvalue weighted by atomic mass is 16.4. The summed E-state index contributed by atoms with van der Waals surface area (Å²) in [5.41, 5.74) is 2.82. The Morgan fingerprint density at radius 1 is 1.16 bits per heavy atom. The summed E-state index contributed by atoms with van der Waals surface area (Å²) in [6.45, 7) is 1.10. The Labute approximate surface area is 114 Å². The highest BCUT2D eigenvalue weighted by Crippen LogP contribution is 2.34. The summed E-state index contributed by atoms with van der Waals surface area (Å²) >= 11 is 0. The summed E-state index contributed by atoms with van der Waals surface area (Å²) in [6, 6.07) is 9.17. The minimum absolute atomic E-state index is 0.122. The van der Waals surface area contributed by atoms with Gasteiger partial charge in [-0.3, -0.25) is 4.79 Å². The van der Waals surface area contributed by atoms with Gasteiger partial charge in [0.25, 0.3) is 0 Å². The van der Waals surface area contributed by atoms with Crippen LogP contribution in [0.4, 0.5) is 5.69 Å². The number of hydrogen-bond donors (Lipinski definition) is 1. The van der Waals surface area contributed by atoms with E-state index in [0.29, 0.717) is 6.04 Å². The molecule has 0 amide bonds. The van der Waals surface area contributed by atoms with Crippen LogP contribution in [0.5, 0.6) is 0 Å². The molecule has 19 heavy (non-hydrogen) atoms. The normalized spacial score (nSPS) is 26.8. The van der Waals surface area contributed by atoms with E-state index in [1.807, 2.05) is 0 Å². The third-order valence-corrected chi connectivity index (χ3v) is 4.65. The Bertz CT molecular complexity index is 472. The highest BCUT2D eigenvalue weighted by Gasteiger charge is 2.29. The molecule has 1 saturated carbocycles. The summed E-state index contributed by atoms with van der Waals surface area (Å²) in [7, 11) is 0. The van der Waals surface area contributed by atoms with Crippen LogP contribution in [0.3, 0.4) is 0 Å². The number of benzene rings is 1. The average Bonchev–Trinajstić information content (AvgIpc) is 2.68. The van der Waals surface area contributed by atoms with Gasteiger partial charge in [0.05, 0.1) is 5.92 Å². The molecule has 3 rings (SSSR count). The molecule has 1 aromatic carbocycles. The van der Waals surface area contributed by atoms with Crippen molar-refractivity contribution in [1.82, 2.24) is 0 Å². The molecule has 0 spiro atoms. The van der Waals surface area contributed by atoms with Gasteiger partial charge in [-0.2, -0.15) is 0 Å². The van der Waals surface area contributed by atoms with Gasteiger partial charge in [-0.15, -0.1) is 0 Å². The predicted molar refractivity (Wildman–Crippen MR) is 75.5 cm³/mol. The van der Waals surface area contributed by atoms with Crippen LogP contribution in [0.15, 0.2) is 24.3 Å². The zero-order chi connectivity index (χ0) is 13.2.